The van der Waals surface area contributed by atoms with E-state index in [-0.39, 0.29) is 11.7 Å². The second kappa shape index (κ2) is 5.03. The van der Waals surface area contributed by atoms with Crippen molar-refractivity contribution >= 4 is 19.7 Å². The summed E-state index contributed by atoms with van der Waals surface area (Å²) in [6, 6.07) is 0.386. The number of aromatic nitrogens is 3. The molecule has 2 aliphatic rings. The largest absolute Gasteiger partial charge is 0.381 e. The van der Waals surface area contributed by atoms with Gasteiger partial charge in [0.1, 0.15) is 11.4 Å². The smallest absolute Gasteiger partial charge is 0.238 e. The lowest BCUT2D eigenvalue weighted by molar-refractivity contribution is 0.0833. The molecule has 0 atom stereocenters. The zero-order chi connectivity index (χ0) is 13.5. The van der Waals surface area contributed by atoms with E-state index < -0.39 is 9.05 Å². The second-order valence-corrected chi connectivity index (χ2v) is 7.94. The van der Waals surface area contributed by atoms with Crippen molar-refractivity contribution in [3.8, 4) is 0 Å². The van der Waals surface area contributed by atoms with Crippen LogP contribution in [0.3, 0.4) is 0 Å². The topological polar surface area (TPSA) is 74.1 Å². The van der Waals surface area contributed by atoms with E-state index in [1.54, 1.807) is 0 Å². The van der Waals surface area contributed by atoms with Gasteiger partial charge in [0.25, 0.3) is 0 Å². The summed E-state index contributed by atoms with van der Waals surface area (Å²) in [5.41, 5.74) is 1.46. The molecule has 1 saturated carbocycles. The van der Waals surface area contributed by atoms with Crippen LogP contribution in [-0.4, -0.2) is 36.6 Å². The van der Waals surface area contributed by atoms with Gasteiger partial charge in [-0.15, -0.1) is 5.10 Å². The molecular weight excluding hydrogens is 290 g/mol. The van der Waals surface area contributed by atoms with E-state index in [4.69, 9.17) is 15.4 Å². The highest BCUT2D eigenvalue weighted by Crippen LogP contribution is 2.39. The minimum absolute atomic E-state index is 0.242. The molecule has 0 radical (unpaired) electrons. The quantitative estimate of drug-likeness (QED) is 0.790. The van der Waals surface area contributed by atoms with Crippen LogP contribution in [0.2, 0.25) is 0 Å². The van der Waals surface area contributed by atoms with Crippen LogP contribution < -0.4 is 0 Å². The van der Waals surface area contributed by atoms with Crippen molar-refractivity contribution in [2.45, 2.75) is 43.4 Å². The molecule has 1 aliphatic carbocycles. The fraction of sp³-hybridized carbons (Fsp3) is 0.818. The molecule has 2 heterocycles. The maximum Gasteiger partial charge on any atom is 0.238 e. The molecule has 1 aromatic heterocycles. The van der Waals surface area contributed by atoms with E-state index in [2.05, 4.69) is 10.3 Å². The maximum absolute atomic E-state index is 11.3. The number of hydrogen-bond acceptors (Lipinski definition) is 5. The predicted octanol–water partition coefficient (Wildman–Crippen LogP) is 1.58. The van der Waals surface area contributed by atoms with Crippen LogP contribution in [0, 0.1) is 0 Å². The van der Waals surface area contributed by atoms with E-state index in [0.29, 0.717) is 24.9 Å². The van der Waals surface area contributed by atoms with Gasteiger partial charge in [-0.3, -0.25) is 0 Å². The summed E-state index contributed by atoms with van der Waals surface area (Å²) < 4.78 is 29.9. The molecule has 0 spiro atoms. The first-order valence-corrected chi connectivity index (χ1v) is 8.96. The van der Waals surface area contributed by atoms with Crippen LogP contribution in [0.25, 0.3) is 0 Å². The predicted molar refractivity (Wildman–Crippen MR) is 69.6 cm³/mol. The molecule has 0 N–H and O–H groups in total. The van der Waals surface area contributed by atoms with Crippen molar-refractivity contribution in [3.05, 3.63) is 11.4 Å². The Morgan fingerprint density at radius 3 is 2.53 bits per heavy atom. The molecule has 8 heteroatoms. The second-order valence-electron chi connectivity index (χ2n) is 5.17. The number of halogens is 1. The Bertz CT molecular complexity index is 562. The van der Waals surface area contributed by atoms with Gasteiger partial charge in [0, 0.05) is 29.8 Å². The summed E-state index contributed by atoms with van der Waals surface area (Å²) >= 11 is 0. The average molecular weight is 306 g/mol. The minimum atomic E-state index is -3.61. The van der Waals surface area contributed by atoms with E-state index in [1.165, 1.54) is 0 Å². The van der Waals surface area contributed by atoms with Crippen molar-refractivity contribution in [2.24, 2.45) is 0 Å². The third-order valence-electron chi connectivity index (χ3n) is 3.61. The van der Waals surface area contributed by atoms with Gasteiger partial charge >= 0.3 is 0 Å². The van der Waals surface area contributed by atoms with Crippen LogP contribution in [-0.2, 0) is 19.5 Å². The van der Waals surface area contributed by atoms with Crippen molar-refractivity contribution < 1.29 is 13.2 Å². The number of ether oxygens (including phenoxy) is 1. The fourth-order valence-corrected chi connectivity index (χ4v) is 3.42. The molecule has 0 amide bonds. The van der Waals surface area contributed by atoms with Crippen LogP contribution in [0.5, 0.6) is 0 Å². The molecule has 106 valence electrons. The summed E-state index contributed by atoms with van der Waals surface area (Å²) in [6.45, 7) is 1.40. The average Bonchev–Trinajstić information content (AvgIpc) is 3.11. The summed E-state index contributed by atoms with van der Waals surface area (Å²) in [5, 5.41) is 8.19. The van der Waals surface area contributed by atoms with Crippen molar-refractivity contribution in [2.75, 3.05) is 13.2 Å². The van der Waals surface area contributed by atoms with E-state index >= 15 is 0 Å². The highest BCUT2D eigenvalue weighted by molar-refractivity contribution is 8.13. The Labute approximate surface area is 116 Å². The van der Waals surface area contributed by atoms with Crippen molar-refractivity contribution in [1.82, 2.24) is 15.0 Å². The summed E-state index contributed by atoms with van der Waals surface area (Å²) in [4.78, 5) is 0. The Morgan fingerprint density at radius 2 is 1.95 bits per heavy atom. The van der Waals surface area contributed by atoms with E-state index in [1.807, 2.05) is 4.68 Å². The highest BCUT2D eigenvalue weighted by atomic mass is 35.7. The molecule has 1 saturated heterocycles. The molecule has 6 nitrogen and oxygen atoms in total. The first-order valence-electron chi connectivity index (χ1n) is 6.48. The molecular formula is C11H16ClN3O3S. The number of rotatable bonds is 4. The molecule has 0 aromatic carbocycles. The van der Waals surface area contributed by atoms with Crippen molar-refractivity contribution in [1.29, 1.82) is 0 Å². The van der Waals surface area contributed by atoms with E-state index in [0.717, 1.165) is 31.4 Å². The summed E-state index contributed by atoms with van der Waals surface area (Å²) in [6.07, 6.45) is 3.95. The van der Waals surface area contributed by atoms with Gasteiger partial charge in [-0.1, -0.05) is 5.21 Å². The van der Waals surface area contributed by atoms with Crippen LogP contribution in [0.1, 0.15) is 49.0 Å². The lowest BCUT2D eigenvalue weighted by atomic mass is 9.95. The highest BCUT2D eigenvalue weighted by Gasteiger charge is 2.33. The molecule has 1 aromatic rings. The van der Waals surface area contributed by atoms with Gasteiger partial charge in [-0.2, -0.15) is 0 Å². The number of hydrogen-bond donors (Lipinski definition) is 0. The molecule has 1 aliphatic heterocycles. The monoisotopic (exact) mass is 305 g/mol. The zero-order valence-electron chi connectivity index (χ0n) is 10.5. The molecule has 0 unspecified atom stereocenters. The Morgan fingerprint density at radius 1 is 1.26 bits per heavy atom. The lowest BCUT2D eigenvalue weighted by Crippen LogP contribution is -2.19. The first-order chi connectivity index (χ1) is 9.04. The third kappa shape index (κ3) is 3.09. The van der Waals surface area contributed by atoms with Gasteiger partial charge < -0.3 is 4.74 Å². The van der Waals surface area contributed by atoms with Crippen LogP contribution in [0.4, 0.5) is 0 Å². The molecule has 0 bridgehead atoms. The normalized spacial score (nSPS) is 21.7. The van der Waals surface area contributed by atoms with Gasteiger partial charge in [0.15, 0.2) is 0 Å². The van der Waals surface area contributed by atoms with Gasteiger partial charge in [-0.05, 0) is 25.7 Å². The third-order valence-corrected chi connectivity index (χ3v) is 4.56. The van der Waals surface area contributed by atoms with Crippen LogP contribution in [0.15, 0.2) is 0 Å². The number of nitrogens with zero attached hydrogens (tertiary/aromatic N) is 3. The fourth-order valence-electron chi connectivity index (χ4n) is 2.58. The molecule has 19 heavy (non-hydrogen) atoms. The minimum Gasteiger partial charge on any atom is -0.381 e. The maximum atomic E-state index is 11.3. The lowest BCUT2D eigenvalue weighted by Gasteiger charge is -2.23. The van der Waals surface area contributed by atoms with Gasteiger partial charge in [0.05, 0.1) is 11.7 Å². The zero-order valence-corrected chi connectivity index (χ0v) is 12.0. The van der Waals surface area contributed by atoms with Crippen LogP contribution >= 0.6 is 10.7 Å². The van der Waals surface area contributed by atoms with Crippen molar-refractivity contribution in [3.63, 3.8) is 0 Å². The summed E-state index contributed by atoms with van der Waals surface area (Å²) in [5.74, 6) is 0.0336. The Hall–Kier alpha value is -0.660. The Balaban J connectivity index is 1.94. The summed E-state index contributed by atoms with van der Waals surface area (Å²) in [7, 11) is 1.75. The van der Waals surface area contributed by atoms with E-state index in [9.17, 15) is 8.42 Å². The first kappa shape index (κ1) is 13.3. The SMILES string of the molecule is O=S(=O)(Cl)Cc1nnn(C2CC2)c1C1CCOCC1. The van der Waals surface area contributed by atoms with Gasteiger partial charge in [0.2, 0.25) is 9.05 Å². The standard InChI is InChI=1S/C11H16ClN3O3S/c12-19(16,17)7-10-11(8-3-5-18-6-4-8)15(14-13-10)9-1-2-9/h8-9H,1-7H2. The molecule has 3 rings (SSSR count). The Kier molecular flexibility index (Phi) is 3.53. The molecule has 2 fully saturated rings. The van der Waals surface area contributed by atoms with Gasteiger partial charge in [-0.25, -0.2) is 13.1 Å².